The number of esters is 1. The minimum absolute atomic E-state index is 0.0275. The minimum atomic E-state index is -0.667. The average molecular weight is 464 g/mol. The number of rotatable bonds is 7. The molecule has 1 aliphatic rings. The Morgan fingerprint density at radius 2 is 1.82 bits per heavy atom. The molecule has 2 amide bonds. The van der Waals surface area contributed by atoms with E-state index in [0.717, 1.165) is 25.9 Å². The smallest absolute Gasteiger partial charge is 0.339 e. The summed E-state index contributed by atoms with van der Waals surface area (Å²) in [6.07, 6.45) is 2.04. The number of nitrogens with one attached hydrogen (secondary N) is 1. The summed E-state index contributed by atoms with van der Waals surface area (Å²) in [5.41, 5.74) is 0.998. The minimum Gasteiger partial charge on any atom is -0.452 e. The average Bonchev–Trinajstić information content (AvgIpc) is 3.50. The van der Waals surface area contributed by atoms with Gasteiger partial charge in [0.25, 0.3) is 5.91 Å². The van der Waals surface area contributed by atoms with E-state index in [-0.39, 0.29) is 28.7 Å². The first-order valence-corrected chi connectivity index (χ1v) is 11.4. The van der Waals surface area contributed by atoms with E-state index in [1.54, 1.807) is 48.5 Å². The summed E-state index contributed by atoms with van der Waals surface area (Å²) in [5.74, 6) is -1.02. The Balaban J connectivity index is 1.37. The number of hydrogen-bond donors (Lipinski definition) is 1. The molecule has 0 aliphatic carbocycles. The summed E-state index contributed by atoms with van der Waals surface area (Å²) in [7, 11) is 0. The number of furan rings is 1. The van der Waals surface area contributed by atoms with Crippen molar-refractivity contribution >= 4 is 46.2 Å². The number of thioether (sulfide) groups is 1. The fourth-order valence-electron chi connectivity index (χ4n) is 3.59. The highest BCUT2D eigenvalue weighted by atomic mass is 32.2. The lowest BCUT2D eigenvalue weighted by Crippen LogP contribution is -2.29. The summed E-state index contributed by atoms with van der Waals surface area (Å²) in [5, 5.41) is 12.4. The predicted molar refractivity (Wildman–Crippen MR) is 123 cm³/mol. The molecule has 3 aromatic rings. The number of ether oxygens (including phenoxy) is 1. The first-order chi connectivity index (χ1) is 16.1. The second-order valence-electron chi connectivity index (χ2n) is 7.41. The summed E-state index contributed by atoms with van der Waals surface area (Å²) in [6, 6.07) is 15.7. The normalized spacial score (nSPS) is 13.0. The van der Waals surface area contributed by atoms with Crippen molar-refractivity contribution in [3.05, 3.63) is 59.9 Å². The van der Waals surface area contributed by atoms with Crippen LogP contribution in [-0.4, -0.2) is 48.1 Å². The van der Waals surface area contributed by atoms with E-state index in [2.05, 4.69) is 5.32 Å². The molecule has 33 heavy (non-hydrogen) atoms. The molecular weight excluding hydrogens is 442 g/mol. The Labute approximate surface area is 194 Å². The molecular formula is C24H21N3O5S. The molecule has 2 heterocycles. The molecule has 0 spiro atoms. The molecule has 1 aromatic heterocycles. The molecule has 0 unspecified atom stereocenters. The topological polar surface area (TPSA) is 113 Å². The molecule has 2 aromatic carbocycles. The number of para-hydroxylation sites is 1. The second kappa shape index (κ2) is 10.2. The van der Waals surface area contributed by atoms with Crippen molar-refractivity contribution in [2.45, 2.75) is 17.7 Å². The van der Waals surface area contributed by atoms with Crippen LogP contribution < -0.4 is 5.32 Å². The zero-order chi connectivity index (χ0) is 23.2. The van der Waals surface area contributed by atoms with Gasteiger partial charge >= 0.3 is 5.97 Å². The van der Waals surface area contributed by atoms with E-state index in [0.29, 0.717) is 15.9 Å². The van der Waals surface area contributed by atoms with E-state index in [9.17, 15) is 19.6 Å². The molecule has 1 saturated heterocycles. The predicted octanol–water partition coefficient (Wildman–Crippen LogP) is 3.81. The number of nitriles is 1. The van der Waals surface area contributed by atoms with Crippen LogP contribution in [0.5, 0.6) is 0 Å². The van der Waals surface area contributed by atoms with Crippen LogP contribution in [0.2, 0.25) is 0 Å². The monoisotopic (exact) mass is 463 g/mol. The van der Waals surface area contributed by atoms with Gasteiger partial charge in [0.1, 0.15) is 17.3 Å². The van der Waals surface area contributed by atoms with Crippen LogP contribution in [-0.2, 0) is 14.3 Å². The van der Waals surface area contributed by atoms with E-state index in [4.69, 9.17) is 9.15 Å². The first-order valence-electron chi connectivity index (χ1n) is 10.4. The third kappa shape index (κ3) is 5.18. The maximum Gasteiger partial charge on any atom is 0.339 e. The number of carbonyl (C=O) groups is 3. The van der Waals surface area contributed by atoms with Crippen molar-refractivity contribution in [2.24, 2.45) is 0 Å². The Morgan fingerprint density at radius 3 is 2.61 bits per heavy atom. The first kappa shape index (κ1) is 22.4. The van der Waals surface area contributed by atoms with Gasteiger partial charge in [0, 0.05) is 23.4 Å². The van der Waals surface area contributed by atoms with Gasteiger partial charge < -0.3 is 19.4 Å². The lowest BCUT2D eigenvalue weighted by molar-refractivity contribution is -0.127. The van der Waals surface area contributed by atoms with Crippen LogP contribution in [0.1, 0.15) is 29.0 Å². The van der Waals surface area contributed by atoms with Crippen molar-refractivity contribution in [1.29, 1.82) is 5.26 Å². The van der Waals surface area contributed by atoms with Crippen LogP contribution in [0.3, 0.4) is 0 Å². The molecule has 1 aliphatic heterocycles. The Bertz CT molecular complexity index is 1240. The van der Waals surface area contributed by atoms with Gasteiger partial charge in [-0.25, -0.2) is 4.79 Å². The number of carbonyl (C=O) groups excluding carboxylic acids is 3. The van der Waals surface area contributed by atoms with E-state index >= 15 is 0 Å². The molecule has 9 heteroatoms. The van der Waals surface area contributed by atoms with Gasteiger partial charge in [0.05, 0.1) is 11.3 Å². The maximum absolute atomic E-state index is 12.6. The van der Waals surface area contributed by atoms with Gasteiger partial charge in [-0.3, -0.25) is 9.59 Å². The summed E-state index contributed by atoms with van der Waals surface area (Å²) in [4.78, 5) is 39.8. The van der Waals surface area contributed by atoms with Gasteiger partial charge in [-0.2, -0.15) is 5.26 Å². The molecule has 168 valence electrons. The third-order valence-corrected chi connectivity index (χ3v) is 6.27. The summed E-state index contributed by atoms with van der Waals surface area (Å²) < 4.78 is 10.6. The van der Waals surface area contributed by atoms with Crippen LogP contribution in [0, 0.1) is 11.3 Å². The zero-order valence-electron chi connectivity index (χ0n) is 17.7. The standard InChI is InChI=1S/C24H21N3O5S/c25-13-19-23(16-7-1-3-9-18(16)32-19)26-21(28)14-31-24(30)17-8-2-4-10-20(17)33-15-22(29)27-11-5-6-12-27/h1-4,7-10H,5-6,11-12,14-15H2,(H,26,28). The fraction of sp³-hybridized carbons (Fsp3) is 0.250. The molecule has 0 radical (unpaired) electrons. The number of fused-ring (bicyclic) bond motifs is 1. The van der Waals surface area contributed by atoms with Crippen LogP contribution in [0.4, 0.5) is 5.69 Å². The number of amides is 2. The maximum atomic E-state index is 12.6. The van der Waals surface area contributed by atoms with E-state index in [1.807, 2.05) is 11.0 Å². The van der Waals surface area contributed by atoms with Crippen molar-refractivity contribution in [3.63, 3.8) is 0 Å². The molecule has 0 atom stereocenters. The highest BCUT2D eigenvalue weighted by molar-refractivity contribution is 8.00. The quantitative estimate of drug-likeness (QED) is 0.419. The highest BCUT2D eigenvalue weighted by Gasteiger charge is 2.21. The lowest BCUT2D eigenvalue weighted by Gasteiger charge is -2.15. The number of nitrogens with zero attached hydrogens (tertiary/aromatic N) is 2. The number of hydrogen-bond acceptors (Lipinski definition) is 7. The molecule has 1 N–H and O–H groups in total. The van der Waals surface area contributed by atoms with Crippen molar-refractivity contribution < 1.29 is 23.5 Å². The summed E-state index contributed by atoms with van der Waals surface area (Å²) >= 11 is 1.27. The Kier molecular flexibility index (Phi) is 6.95. The Morgan fingerprint density at radius 1 is 1.09 bits per heavy atom. The lowest BCUT2D eigenvalue weighted by atomic mass is 10.2. The second-order valence-corrected chi connectivity index (χ2v) is 8.43. The molecule has 1 fully saturated rings. The van der Waals surface area contributed by atoms with Gasteiger partial charge in [-0.05, 0) is 37.1 Å². The number of likely N-dealkylation sites (tertiary alicyclic amines) is 1. The third-order valence-electron chi connectivity index (χ3n) is 5.21. The van der Waals surface area contributed by atoms with Crippen LogP contribution in [0.15, 0.2) is 57.8 Å². The van der Waals surface area contributed by atoms with E-state index in [1.165, 1.54) is 11.8 Å². The largest absolute Gasteiger partial charge is 0.452 e. The van der Waals surface area contributed by atoms with E-state index < -0.39 is 18.5 Å². The Hall–Kier alpha value is -3.77. The number of anilines is 1. The number of benzene rings is 2. The van der Waals surface area contributed by atoms with Crippen LogP contribution in [0.25, 0.3) is 11.0 Å². The van der Waals surface area contributed by atoms with Gasteiger partial charge in [-0.15, -0.1) is 11.8 Å². The molecule has 0 saturated carbocycles. The molecule has 8 nitrogen and oxygen atoms in total. The van der Waals surface area contributed by atoms with Crippen LogP contribution >= 0.6 is 11.8 Å². The molecule has 0 bridgehead atoms. The van der Waals surface area contributed by atoms with Crippen molar-refractivity contribution in [3.8, 4) is 6.07 Å². The van der Waals surface area contributed by atoms with Gasteiger partial charge in [0.15, 0.2) is 6.61 Å². The fourth-order valence-corrected chi connectivity index (χ4v) is 4.53. The zero-order valence-corrected chi connectivity index (χ0v) is 18.5. The van der Waals surface area contributed by atoms with Gasteiger partial charge in [-0.1, -0.05) is 24.3 Å². The van der Waals surface area contributed by atoms with Crippen molar-refractivity contribution in [1.82, 2.24) is 4.90 Å². The highest BCUT2D eigenvalue weighted by Crippen LogP contribution is 2.30. The SMILES string of the molecule is N#Cc1oc2ccccc2c1NC(=O)COC(=O)c1ccccc1SCC(=O)N1CCCC1. The van der Waals surface area contributed by atoms with Crippen molar-refractivity contribution in [2.75, 3.05) is 30.8 Å². The molecule has 4 rings (SSSR count). The van der Waals surface area contributed by atoms with Gasteiger partial charge in [0.2, 0.25) is 11.7 Å². The summed E-state index contributed by atoms with van der Waals surface area (Å²) in [6.45, 7) is 1.02.